The van der Waals surface area contributed by atoms with Crippen molar-refractivity contribution in [1.82, 2.24) is 0 Å². The molecule has 0 amide bonds. The molecule has 0 aromatic heterocycles. The van der Waals surface area contributed by atoms with Gasteiger partial charge in [-0.05, 0) is 38.3 Å². The molecule has 1 aromatic rings. The second-order valence-electron chi connectivity index (χ2n) is 4.24. The minimum Gasteiger partial charge on any atom is -0.404 e. The van der Waals surface area contributed by atoms with Gasteiger partial charge in [-0.3, -0.25) is 9.79 Å². The van der Waals surface area contributed by atoms with Crippen LogP contribution < -0.4 is 4.52 Å². The molecular weight excluding hydrogens is 303 g/mol. The summed E-state index contributed by atoms with van der Waals surface area (Å²) >= 11 is 0. The minimum atomic E-state index is -4.54. The quantitative estimate of drug-likeness (QED) is 0.562. The van der Waals surface area contributed by atoms with Crippen molar-refractivity contribution >= 4 is 7.82 Å². The highest BCUT2D eigenvalue weighted by Gasteiger charge is 2.19. The van der Waals surface area contributed by atoms with Crippen LogP contribution in [0.1, 0.15) is 25.0 Å². The molecule has 0 heterocycles. The van der Waals surface area contributed by atoms with Gasteiger partial charge in [0.2, 0.25) is 0 Å². The zero-order valence-corrected chi connectivity index (χ0v) is 14.1. The maximum atomic E-state index is 10.9. The first-order chi connectivity index (χ1) is 10.4. The number of allylic oxidation sites excluding steroid dienone is 2. The van der Waals surface area contributed by atoms with Crippen LogP contribution in [0.5, 0.6) is 5.75 Å². The maximum Gasteiger partial charge on any atom is 0.524 e. The van der Waals surface area contributed by atoms with Crippen molar-refractivity contribution in [2.45, 2.75) is 26.7 Å². The summed E-state index contributed by atoms with van der Waals surface area (Å²) in [4.78, 5) is 17.7. The normalized spacial score (nSPS) is 10.4. The lowest BCUT2D eigenvalue weighted by Crippen LogP contribution is -1.98. The molecule has 124 valence electrons. The third kappa shape index (κ3) is 8.80. The van der Waals surface area contributed by atoms with E-state index in [0.717, 1.165) is 24.3 Å². The third-order valence-corrected chi connectivity index (χ3v) is 3.00. The molecule has 0 bridgehead atoms. The number of hydrogen-bond acceptors (Lipinski definition) is 3. The lowest BCUT2D eigenvalue weighted by Gasteiger charge is -2.14. The summed E-state index contributed by atoms with van der Waals surface area (Å²) in [5.74, 6) is 0.192. The zero-order valence-electron chi connectivity index (χ0n) is 13.2. The van der Waals surface area contributed by atoms with Gasteiger partial charge >= 0.3 is 7.82 Å². The van der Waals surface area contributed by atoms with Gasteiger partial charge in [-0.1, -0.05) is 24.3 Å². The Hall–Kier alpha value is -1.39. The lowest BCUT2D eigenvalue weighted by molar-refractivity contribution is 0.162. The predicted octanol–water partition coefficient (Wildman–Crippen LogP) is 3.66. The van der Waals surface area contributed by atoms with Crippen LogP contribution in [0, 0.1) is 0 Å². The SMILES string of the molecule is C=CCc1cccc(OP(=O)(O)O)c1CC=C.CCOCC. The van der Waals surface area contributed by atoms with Crippen molar-refractivity contribution in [2.24, 2.45) is 0 Å². The minimum absolute atomic E-state index is 0.192. The van der Waals surface area contributed by atoms with Gasteiger partial charge in [-0.25, -0.2) is 4.57 Å². The Morgan fingerprint density at radius 2 is 1.73 bits per heavy atom. The molecule has 5 nitrogen and oxygen atoms in total. The molecule has 0 fully saturated rings. The van der Waals surface area contributed by atoms with E-state index in [9.17, 15) is 4.57 Å². The molecule has 0 aliphatic heterocycles. The van der Waals surface area contributed by atoms with Gasteiger partial charge < -0.3 is 9.26 Å². The van der Waals surface area contributed by atoms with Crippen LogP contribution in [-0.2, 0) is 22.1 Å². The van der Waals surface area contributed by atoms with E-state index < -0.39 is 7.82 Å². The van der Waals surface area contributed by atoms with E-state index in [1.807, 2.05) is 19.9 Å². The Labute approximate surface area is 132 Å². The van der Waals surface area contributed by atoms with Crippen LogP contribution in [0.3, 0.4) is 0 Å². The summed E-state index contributed by atoms with van der Waals surface area (Å²) in [5.41, 5.74) is 1.65. The van der Waals surface area contributed by atoms with E-state index in [0.29, 0.717) is 12.8 Å². The fourth-order valence-electron chi connectivity index (χ4n) is 1.75. The van der Waals surface area contributed by atoms with Crippen LogP contribution in [0.4, 0.5) is 0 Å². The molecule has 1 rings (SSSR count). The summed E-state index contributed by atoms with van der Waals surface area (Å²) in [6, 6.07) is 5.09. The highest BCUT2D eigenvalue weighted by Crippen LogP contribution is 2.40. The average molecular weight is 328 g/mol. The molecule has 0 radical (unpaired) electrons. The smallest absolute Gasteiger partial charge is 0.404 e. The predicted molar refractivity (Wildman–Crippen MR) is 89.1 cm³/mol. The summed E-state index contributed by atoms with van der Waals surface area (Å²) in [5, 5.41) is 0. The van der Waals surface area contributed by atoms with Gasteiger partial charge in [0.15, 0.2) is 0 Å². The van der Waals surface area contributed by atoms with Gasteiger partial charge in [-0.2, -0.15) is 0 Å². The van der Waals surface area contributed by atoms with Crippen molar-refractivity contribution < 1.29 is 23.6 Å². The highest BCUT2D eigenvalue weighted by molar-refractivity contribution is 7.46. The molecule has 2 N–H and O–H groups in total. The molecule has 0 aliphatic carbocycles. The van der Waals surface area contributed by atoms with Crippen molar-refractivity contribution in [1.29, 1.82) is 0 Å². The maximum absolute atomic E-state index is 10.9. The monoisotopic (exact) mass is 328 g/mol. The lowest BCUT2D eigenvalue weighted by atomic mass is 10.0. The number of rotatable bonds is 8. The zero-order chi connectivity index (χ0) is 17.0. The molecule has 0 saturated carbocycles. The van der Waals surface area contributed by atoms with E-state index in [1.54, 1.807) is 18.2 Å². The van der Waals surface area contributed by atoms with E-state index in [1.165, 1.54) is 6.07 Å². The van der Waals surface area contributed by atoms with Gasteiger partial charge in [-0.15, -0.1) is 13.2 Å². The molecular formula is C16H25O5P. The molecule has 6 heteroatoms. The average Bonchev–Trinajstić information content (AvgIpc) is 2.43. The first kappa shape index (κ1) is 20.6. The second kappa shape index (κ2) is 11.2. The third-order valence-electron chi connectivity index (χ3n) is 2.57. The van der Waals surface area contributed by atoms with Crippen LogP contribution in [0.2, 0.25) is 0 Å². The van der Waals surface area contributed by atoms with Gasteiger partial charge in [0.25, 0.3) is 0 Å². The topological polar surface area (TPSA) is 76.0 Å². The van der Waals surface area contributed by atoms with Crippen LogP contribution >= 0.6 is 7.82 Å². The van der Waals surface area contributed by atoms with Gasteiger partial charge in [0.05, 0.1) is 0 Å². The fourth-order valence-corrected chi connectivity index (χ4v) is 2.18. The van der Waals surface area contributed by atoms with E-state index in [-0.39, 0.29) is 5.75 Å². The number of phosphoric acid groups is 1. The van der Waals surface area contributed by atoms with E-state index >= 15 is 0 Å². The van der Waals surface area contributed by atoms with Gasteiger partial charge in [0.1, 0.15) is 5.75 Å². The standard InChI is InChI=1S/C12H15O4P.C4H10O/c1-3-6-10-8-5-9-12(11(10)7-4-2)16-17(13,14)15;1-3-5-4-2/h3-5,8-9H,1-2,6-7H2,(H2,13,14,15);3-4H2,1-2H3. The van der Waals surface area contributed by atoms with Crippen LogP contribution in [0.15, 0.2) is 43.5 Å². The molecule has 0 spiro atoms. The van der Waals surface area contributed by atoms with Crippen LogP contribution in [-0.4, -0.2) is 23.0 Å². The van der Waals surface area contributed by atoms with Crippen molar-refractivity contribution in [3.8, 4) is 5.75 Å². The number of benzene rings is 1. The Bertz CT molecular complexity index is 505. The highest BCUT2D eigenvalue weighted by atomic mass is 31.2. The van der Waals surface area contributed by atoms with E-state index in [4.69, 9.17) is 14.5 Å². The molecule has 22 heavy (non-hydrogen) atoms. The summed E-state index contributed by atoms with van der Waals surface area (Å²) < 4.78 is 20.3. The Morgan fingerprint density at radius 3 is 2.14 bits per heavy atom. The van der Waals surface area contributed by atoms with Crippen LogP contribution in [0.25, 0.3) is 0 Å². The summed E-state index contributed by atoms with van der Waals surface area (Å²) in [6.07, 6.45) is 4.48. The summed E-state index contributed by atoms with van der Waals surface area (Å²) in [7, 11) is -4.54. The van der Waals surface area contributed by atoms with Gasteiger partial charge in [0, 0.05) is 18.8 Å². The Morgan fingerprint density at radius 1 is 1.14 bits per heavy atom. The first-order valence-corrected chi connectivity index (χ1v) is 8.58. The number of hydrogen-bond donors (Lipinski definition) is 2. The molecule has 1 aromatic carbocycles. The van der Waals surface area contributed by atoms with Crippen molar-refractivity contribution in [3.63, 3.8) is 0 Å². The summed E-state index contributed by atoms with van der Waals surface area (Å²) in [6.45, 7) is 12.9. The molecule has 0 atom stereocenters. The largest absolute Gasteiger partial charge is 0.524 e. The van der Waals surface area contributed by atoms with Crippen molar-refractivity contribution in [2.75, 3.05) is 13.2 Å². The van der Waals surface area contributed by atoms with E-state index in [2.05, 4.69) is 17.7 Å². The number of ether oxygens (including phenoxy) is 1. The Balaban J connectivity index is 0.000000763. The second-order valence-corrected chi connectivity index (χ2v) is 5.41. The molecule has 0 aliphatic rings. The van der Waals surface area contributed by atoms with Crippen molar-refractivity contribution in [3.05, 3.63) is 54.6 Å². The number of phosphoric ester groups is 1. The first-order valence-electron chi connectivity index (χ1n) is 7.04. The molecule has 0 unspecified atom stereocenters. The fraction of sp³-hybridized carbons (Fsp3) is 0.375. The molecule has 0 saturated heterocycles. The Kier molecular flexibility index (Phi) is 10.5.